The number of hydrogen-bond donors (Lipinski definition) is 1. The summed E-state index contributed by atoms with van der Waals surface area (Å²) < 4.78 is 1.93. The number of anilines is 1. The summed E-state index contributed by atoms with van der Waals surface area (Å²) in [5.41, 5.74) is 8.20. The molecule has 0 aliphatic carbocycles. The second-order valence-corrected chi connectivity index (χ2v) is 7.23. The van der Waals surface area contributed by atoms with Crippen molar-refractivity contribution in [3.8, 4) is 11.3 Å². The lowest BCUT2D eigenvalue weighted by Crippen LogP contribution is -2.44. The molecule has 0 bridgehead atoms. The lowest BCUT2D eigenvalue weighted by molar-refractivity contribution is 0.0594. The molecule has 2 aromatic heterocycles. The number of aryl methyl sites for hydroxylation is 1. The molecule has 1 aromatic carbocycles. The fourth-order valence-electron chi connectivity index (χ4n) is 3.87. The summed E-state index contributed by atoms with van der Waals surface area (Å²) in [5, 5.41) is 4.28. The number of nitrogens with two attached hydrogens (primary N) is 1. The van der Waals surface area contributed by atoms with Crippen LogP contribution in [0.2, 0.25) is 0 Å². The van der Waals surface area contributed by atoms with Crippen LogP contribution in [0.1, 0.15) is 36.0 Å². The Hall–Kier alpha value is -3.15. The Kier molecular flexibility index (Phi) is 5.37. The minimum Gasteiger partial charge on any atom is -0.384 e. The molecule has 1 atom stereocenters. The standard InChI is InChI=1S/C22H25N5O/c23-21-10-4-9-20(25-21)17-6-3-7-18(16-17)22(28)27-14-2-1-8-19(27)11-15-26-13-5-12-24-26/h3-7,9-10,12-13,16,19H,1-2,8,11,14-15H2,(H2,23,25)/t19-/m1/s1. The summed E-state index contributed by atoms with van der Waals surface area (Å²) >= 11 is 0. The Morgan fingerprint density at radius 2 is 2.04 bits per heavy atom. The van der Waals surface area contributed by atoms with Gasteiger partial charge in [-0.05, 0) is 56.0 Å². The number of rotatable bonds is 5. The van der Waals surface area contributed by atoms with Gasteiger partial charge in [0.15, 0.2) is 0 Å². The molecule has 0 unspecified atom stereocenters. The lowest BCUT2D eigenvalue weighted by Gasteiger charge is -2.36. The van der Waals surface area contributed by atoms with Crippen molar-refractivity contribution in [2.75, 3.05) is 12.3 Å². The molecular weight excluding hydrogens is 350 g/mol. The normalized spacial score (nSPS) is 16.9. The maximum Gasteiger partial charge on any atom is 0.254 e. The zero-order valence-electron chi connectivity index (χ0n) is 15.9. The molecule has 3 heterocycles. The van der Waals surface area contributed by atoms with Crippen LogP contribution in [0, 0.1) is 0 Å². The highest BCUT2D eigenvalue weighted by atomic mass is 16.2. The van der Waals surface area contributed by atoms with Gasteiger partial charge < -0.3 is 10.6 Å². The monoisotopic (exact) mass is 375 g/mol. The number of nitrogens with zero attached hydrogens (tertiary/aromatic N) is 4. The number of likely N-dealkylation sites (tertiary alicyclic amines) is 1. The molecule has 6 heteroatoms. The maximum atomic E-state index is 13.3. The van der Waals surface area contributed by atoms with E-state index in [1.54, 1.807) is 12.3 Å². The molecular formula is C22H25N5O. The number of nitrogen functional groups attached to an aromatic ring is 1. The highest BCUT2D eigenvalue weighted by Crippen LogP contribution is 2.25. The third-order valence-electron chi connectivity index (χ3n) is 5.31. The number of benzene rings is 1. The summed E-state index contributed by atoms with van der Waals surface area (Å²) in [6.45, 7) is 1.64. The smallest absolute Gasteiger partial charge is 0.254 e. The topological polar surface area (TPSA) is 77.0 Å². The molecule has 0 saturated carbocycles. The lowest BCUT2D eigenvalue weighted by atomic mass is 9.97. The molecule has 1 fully saturated rings. The Bertz CT molecular complexity index is 938. The molecule has 0 spiro atoms. The van der Waals surface area contributed by atoms with E-state index in [9.17, 15) is 4.79 Å². The number of aromatic nitrogens is 3. The first kappa shape index (κ1) is 18.2. The quantitative estimate of drug-likeness (QED) is 0.739. The number of amides is 1. The van der Waals surface area contributed by atoms with Gasteiger partial charge in [0, 0.05) is 42.7 Å². The van der Waals surface area contributed by atoms with Crippen LogP contribution in [-0.2, 0) is 6.54 Å². The molecule has 1 saturated heterocycles. The molecule has 144 valence electrons. The van der Waals surface area contributed by atoms with Crippen molar-refractivity contribution in [2.24, 2.45) is 0 Å². The summed E-state index contributed by atoms with van der Waals surface area (Å²) in [6, 6.07) is 15.4. The van der Waals surface area contributed by atoms with Crippen LogP contribution >= 0.6 is 0 Å². The van der Waals surface area contributed by atoms with Gasteiger partial charge >= 0.3 is 0 Å². The van der Waals surface area contributed by atoms with Crippen LogP contribution in [-0.4, -0.2) is 38.2 Å². The molecule has 28 heavy (non-hydrogen) atoms. The number of hydrogen-bond acceptors (Lipinski definition) is 4. The Morgan fingerprint density at radius 1 is 1.14 bits per heavy atom. The van der Waals surface area contributed by atoms with E-state index in [2.05, 4.69) is 10.1 Å². The first-order chi connectivity index (χ1) is 13.7. The highest BCUT2D eigenvalue weighted by Gasteiger charge is 2.27. The summed E-state index contributed by atoms with van der Waals surface area (Å²) in [5.74, 6) is 0.569. The highest BCUT2D eigenvalue weighted by molar-refractivity contribution is 5.95. The van der Waals surface area contributed by atoms with Gasteiger partial charge in [-0.15, -0.1) is 0 Å². The third-order valence-corrected chi connectivity index (χ3v) is 5.31. The van der Waals surface area contributed by atoms with E-state index in [0.717, 1.165) is 43.6 Å². The van der Waals surface area contributed by atoms with Gasteiger partial charge in [0.25, 0.3) is 5.91 Å². The SMILES string of the molecule is Nc1cccc(-c2cccc(C(=O)N3CCCC[C@@H]3CCn3cccn3)c2)n1. The Morgan fingerprint density at radius 3 is 2.86 bits per heavy atom. The van der Waals surface area contributed by atoms with Crippen LogP contribution in [0.25, 0.3) is 11.3 Å². The van der Waals surface area contributed by atoms with Crippen molar-refractivity contribution >= 4 is 11.7 Å². The zero-order chi connectivity index (χ0) is 19.3. The minimum absolute atomic E-state index is 0.0934. The average Bonchev–Trinajstić information content (AvgIpc) is 3.26. The first-order valence-corrected chi connectivity index (χ1v) is 9.82. The number of pyridine rings is 1. The summed E-state index contributed by atoms with van der Waals surface area (Å²) in [6.07, 6.45) is 7.95. The van der Waals surface area contributed by atoms with Crippen molar-refractivity contribution in [1.82, 2.24) is 19.7 Å². The van der Waals surface area contributed by atoms with E-state index in [4.69, 9.17) is 5.73 Å². The van der Waals surface area contributed by atoms with E-state index in [-0.39, 0.29) is 11.9 Å². The summed E-state index contributed by atoms with van der Waals surface area (Å²) in [4.78, 5) is 19.7. The molecule has 6 nitrogen and oxygen atoms in total. The van der Waals surface area contributed by atoms with E-state index >= 15 is 0 Å². The maximum absolute atomic E-state index is 13.3. The van der Waals surface area contributed by atoms with Crippen molar-refractivity contribution in [2.45, 2.75) is 38.3 Å². The van der Waals surface area contributed by atoms with E-state index in [0.29, 0.717) is 11.4 Å². The van der Waals surface area contributed by atoms with Crippen LogP contribution in [0.15, 0.2) is 60.9 Å². The van der Waals surface area contributed by atoms with Crippen molar-refractivity contribution in [1.29, 1.82) is 0 Å². The molecule has 1 aliphatic heterocycles. The Labute approximate surface area is 165 Å². The predicted octanol–water partition coefficient (Wildman–Crippen LogP) is 3.61. The molecule has 1 aliphatic rings. The van der Waals surface area contributed by atoms with Gasteiger partial charge in [-0.3, -0.25) is 9.48 Å². The number of carbonyl (C=O) groups is 1. The van der Waals surface area contributed by atoms with Gasteiger partial charge in [0.1, 0.15) is 5.82 Å². The van der Waals surface area contributed by atoms with Gasteiger partial charge in [0.2, 0.25) is 0 Å². The average molecular weight is 375 g/mol. The van der Waals surface area contributed by atoms with Crippen LogP contribution in [0.3, 0.4) is 0 Å². The van der Waals surface area contributed by atoms with Gasteiger partial charge in [-0.1, -0.05) is 18.2 Å². The van der Waals surface area contributed by atoms with E-state index in [1.807, 2.05) is 58.2 Å². The fourth-order valence-corrected chi connectivity index (χ4v) is 3.87. The molecule has 4 rings (SSSR count). The molecule has 1 amide bonds. The van der Waals surface area contributed by atoms with Crippen LogP contribution < -0.4 is 5.73 Å². The minimum atomic E-state index is 0.0934. The van der Waals surface area contributed by atoms with Crippen molar-refractivity contribution in [3.63, 3.8) is 0 Å². The van der Waals surface area contributed by atoms with E-state index < -0.39 is 0 Å². The summed E-state index contributed by atoms with van der Waals surface area (Å²) in [7, 11) is 0. The number of piperidine rings is 1. The zero-order valence-corrected chi connectivity index (χ0v) is 15.9. The van der Waals surface area contributed by atoms with Crippen LogP contribution in [0.5, 0.6) is 0 Å². The second-order valence-electron chi connectivity index (χ2n) is 7.23. The first-order valence-electron chi connectivity index (χ1n) is 9.82. The molecule has 0 radical (unpaired) electrons. The van der Waals surface area contributed by atoms with E-state index in [1.165, 1.54) is 6.42 Å². The van der Waals surface area contributed by atoms with Gasteiger partial charge in [-0.25, -0.2) is 4.98 Å². The van der Waals surface area contributed by atoms with Gasteiger partial charge in [0.05, 0.1) is 5.69 Å². The van der Waals surface area contributed by atoms with Crippen molar-refractivity contribution in [3.05, 3.63) is 66.5 Å². The largest absolute Gasteiger partial charge is 0.384 e. The second kappa shape index (κ2) is 8.25. The molecule has 3 aromatic rings. The van der Waals surface area contributed by atoms with Gasteiger partial charge in [-0.2, -0.15) is 5.10 Å². The Balaban J connectivity index is 1.52. The predicted molar refractivity (Wildman–Crippen MR) is 110 cm³/mol. The third kappa shape index (κ3) is 4.06. The van der Waals surface area contributed by atoms with Crippen LogP contribution in [0.4, 0.5) is 5.82 Å². The fraction of sp³-hybridized carbons (Fsp3) is 0.318. The number of carbonyl (C=O) groups excluding carboxylic acids is 1. The van der Waals surface area contributed by atoms with Crippen molar-refractivity contribution < 1.29 is 4.79 Å². The molecule has 2 N–H and O–H groups in total.